The summed E-state index contributed by atoms with van der Waals surface area (Å²) in [4.78, 5) is 20.6. The molecular weight excluding hydrogens is 362 g/mol. The molecule has 1 saturated carbocycles. The molecule has 144 valence electrons. The fourth-order valence-corrected chi connectivity index (χ4v) is 3.32. The third kappa shape index (κ3) is 5.42. The summed E-state index contributed by atoms with van der Waals surface area (Å²) in [6, 6.07) is 8.40. The number of hydrogen-bond donors (Lipinski definition) is 1. The number of hydrogen-bond acceptors (Lipinski definition) is 4. The number of rotatable bonds is 4. The second kappa shape index (κ2) is 8.26. The van der Waals surface area contributed by atoms with Gasteiger partial charge in [0.05, 0.1) is 17.4 Å². The zero-order valence-corrected chi connectivity index (χ0v) is 16.8. The lowest BCUT2D eigenvalue weighted by atomic mass is 9.86. The quantitative estimate of drug-likeness (QED) is 0.835. The lowest BCUT2D eigenvalue weighted by Gasteiger charge is -2.29. The van der Waals surface area contributed by atoms with Crippen LogP contribution in [0.15, 0.2) is 36.7 Å². The maximum atomic E-state index is 12.5. The van der Waals surface area contributed by atoms with Crippen molar-refractivity contribution in [1.82, 2.24) is 15.3 Å². The van der Waals surface area contributed by atoms with Gasteiger partial charge in [-0.25, -0.2) is 9.97 Å². The van der Waals surface area contributed by atoms with Crippen LogP contribution in [0.1, 0.15) is 62.4 Å². The lowest BCUT2D eigenvalue weighted by Crippen LogP contribution is -2.39. The van der Waals surface area contributed by atoms with Crippen LogP contribution in [0.5, 0.6) is 6.01 Å². The predicted molar refractivity (Wildman–Crippen MR) is 106 cm³/mol. The predicted octanol–water partition coefficient (Wildman–Crippen LogP) is 4.55. The molecule has 1 aliphatic carbocycles. The molecular formula is C21H26ClN3O2. The highest BCUT2D eigenvalue weighted by molar-refractivity contribution is 6.30. The van der Waals surface area contributed by atoms with E-state index in [1.165, 1.54) is 18.0 Å². The molecule has 2 aromatic rings. The Morgan fingerprint density at radius 2 is 1.67 bits per heavy atom. The number of aromatic nitrogens is 2. The summed E-state index contributed by atoms with van der Waals surface area (Å²) < 4.78 is 5.80. The van der Waals surface area contributed by atoms with Gasteiger partial charge in [-0.2, -0.15) is 0 Å². The smallest absolute Gasteiger partial charge is 0.316 e. The molecule has 0 radical (unpaired) electrons. The van der Waals surface area contributed by atoms with Crippen LogP contribution in [0, 0.1) is 0 Å². The zero-order chi connectivity index (χ0) is 19.4. The van der Waals surface area contributed by atoms with E-state index < -0.39 is 0 Å². The van der Waals surface area contributed by atoms with Gasteiger partial charge < -0.3 is 10.1 Å². The summed E-state index contributed by atoms with van der Waals surface area (Å²) in [5, 5.41) is 3.63. The molecule has 1 N–H and O–H groups in total. The van der Waals surface area contributed by atoms with Crippen LogP contribution >= 0.6 is 11.6 Å². The minimum absolute atomic E-state index is 0.0131. The van der Waals surface area contributed by atoms with E-state index in [2.05, 4.69) is 36.1 Å². The van der Waals surface area contributed by atoms with Crippen LogP contribution in [-0.4, -0.2) is 28.0 Å². The molecule has 1 heterocycles. The SMILES string of the molecule is CC(C)(C)c1ccc(C(=O)NC2CCC(Oc3ncc(Cl)cn3)CC2)cc1. The second-order valence-electron chi connectivity index (χ2n) is 8.08. The van der Waals surface area contributed by atoms with Crippen molar-refractivity contribution < 1.29 is 9.53 Å². The molecule has 0 atom stereocenters. The van der Waals surface area contributed by atoms with Gasteiger partial charge in [0.25, 0.3) is 5.91 Å². The van der Waals surface area contributed by atoms with Gasteiger partial charge in [0, 0.05) is 11.6 Å². The zero-order valence-electron chi connectivity index (χ0n) is 16.0. The third-order valence-corrected chi connectivity index (χ3v) is 5.09. The molecule has 0 unspecified atom stereocenters. The Morgan fingerprint density at radius 1 is 1.07 bits per heavy atom. The fourth-order valence-electron chi connectivity index (χ4n) is 3.23. The number of benzene rings is 1. The summed E-state index contributed by atoms with van der Waals surface area (Å²) in [6.07, 6.45) is 6.61. The first-order valence-electron chi connectivity index (χ1n) is 9.37. The molecule has 27 heavy (non-hydrogen) atoms. The molecule has 0 spiro atoms. The summed E-state index contributed by atoms with van der Waals surface area (Å²) in [5.74, 6) is -0.0131. The Balaban J connectivity index is 1.48. The molecule has 1 fully saturated rings. The van der Waals surface area contributed by atoms with E-state index in [0.717, 1.165) is 25.7 Å². The minimum atomic E-state index is -0.0131. The van der Waals surface area contributed by atoms with Crippen LogP contribution in [0.2, 0.25) is 5.02 Å². The maximum Gasteiger partial charge on any atom is 0.316 e. The van der Waals surface area contributed by atoms with Gasteiger partial charge in [-0.1, -0.05) is 44.5 Å². The van der Waals surface area contributed by atoms with E-state index in [0.29, 0.717) is 16.6 Å². The van der Waals surface area contributed by atoms with Crippen LogP contribution in [0.25, 0.3) is 0 Å². The van der Waals surface area contributed by atoms with Crippen molar-refractivity contribution in [2.24, 2.45) is 0 Å². The van der Waals surface area contributed by atoms with E-state index in [1.807, 2.05) is 24.3 Å². The largest absolute Gasteiger partial charge is 0.460 e. The summed E-state index contributed by atoms with van der Waals surface area (Å²) in [6.45, 7) is 6.49. The maximum absolute atomic E-state index is 12.5. The molecule has 1 aromatic heterocycles. The standard InChI is InChI=1S/C21H26ClN3O2/c1-21(2,3)15-6-4-14(5-7-15)19(26)25-17-8-10-18(11-9-17)27-20-23-12-16(22)13-24-20/h4-7,12-13,17-18H,8-11H2,1-3H3,(H,25,26). The molecule has 1 aliphatic rings. The van der Waals surface area contributed by atoms with Gasteiger partial charge in [-0.3, -0.25) is 4.79 Å². The number of amides is 1. The first-order valence-corrected chi connectivity index (χ1v) is 9.74. The summed E-state index contributed by atoms with van der Waals surface area (Å²) in [5.41, 5.74) is 2.01. The summed E-state index contributed by atoms with van der Waals surface area (Å²) in [7, 11) is 0. The van der Waals surface area contributed by atoms with Crippen molar-refractivity contribution in [2.75, 3.05) is 0 Å². The van der Waals surface area contributed by atoms with E-state index in [-0.39, 0.29) is 23.5 Å². The van der Waals surface area contributed by atoms with E-state index >= 15 is 0 Å². The van der Waals surface area contributed by atoms with Gasteiger partial charge in [0.2, 0.25) is 0 Å². The van der Waals surface area contributed by atoms with Crippen LogP contribution in [0.3, 0.4) is 0 Å². The summed E-state index contributed by atoms with van der Waals surface area (Å²) >= 11 is 5.78. The Bertz CT molecular complexity index is 762. The average molecular weight is 388 g/mol. The van der Waals surface area contributed by atoms with Gasteiger partial charge in [-0.05, 0) is 48.8 Å². The molecule has 1 aromatic carbocycles. The Kier molecular flexibility index (Phi) is 6.00. The van der Waals surface area contributed by atoms with Crippen molar-refractivity contribution in [3.05, 3.63) is 52.8 Å². The number of carbonyl (C=O) groups excluding carboxylic acids is 1. The molecule has 3 rings (SSSR count). The molecule has 0 bridgehead atoms. The lowest BCUT2D eigenvalue weighted by molar-refractivity contribution is 0.0885. The van der Waals surface area contributed by atoms with Crippen molar-refractivity contribution in [2.45, 2.75) is 64.0 Å². The molecule has 0 aliphatic heterocycles. The topological polar surface area (TPSA) is 64.1 Å². The fraction of sp³-hybridized carbons (Fsp3) is 0.476. The monoisotopic (exact) mass is 387 g/mol. The molecule has 0 saturated heterocycles. The first kappa shape index (κ1) is 19.6. The number of halogens is 1. The van der Waals surface area contributed by atoms with Crippen LogP contribution in [-0.2, 0) is 5.41 Å². The first-order chi connectivity index (χ1) is 12.8. The van der Waals surface area contributed by atoms with Gasteiger partial charge in [0.1, 0.15) is 6.10 Å². The molecule has 5 nitrogen and oxygen atoms in total. The third-order valence-electron chi connectivity index (χ3n) is 4.89. The number of carbonyl (C=O) groups is 1. The van der Waals surface area contributed by atoms with Gasteiger partial charge in [0.15, 0.2) is 0 Å². The van der Waals surface area contributed by atoms with Crippen molar-refractivity contribution in [1.29, 1.82) is 0 Å². The van der Waals surface area contributed by atoms with E-state index in [1.54, 1.807) is 0 Å². The number of ether oxygens (including phenoxy) is 1. The number of nitrogens with one attached hydrogen (secondary N) is 1. The Morgan fingerprint density at radius 3 is 2.22 bits per heavy atom. The highest BCUT2D eigenvalue weighted by Crippen LogP contribution is 2.24. The van der Waals surface area contributed by atoms with Crippen LogP contribution in [0.4, 0.5) is 0 Å². The van der Waals surface area contributed by atoms with Crippen molar-refractivity contribution in [3.8, 4) is 6.01 Å². The Hall–Kier alpha value is -2.14. The normalized spacial score (nSPS) is 20.1. The average Bonchev–Trinajstić information content (AvgIpc) is 2.64. The van der Waals surface area contributed by atoms with Gasteiger partial charge >= 0.3 is 6.01 Å². The van der Waals surface area contributed by atoms with Crippen molar-refractivity contribution >= 4 is 17.5 Å². The van der Waals surface area contributed by atoms with E-state index in [4.69, 9.17) is 16.3 Å². The molecule has 1 amide bonds. The van der Waals surface area contributed by atoms with E-state index in [9.17, 15) is 4.79 Å². The van der Waals surface area contributed by atoms with Gasteiger partial charge in [-0.15, -0.1) is 0 Å². The van der Waals surface area contributed by atoms with Crippen molar-refractivity contribution in [3.63, 3.8) is 0 Å². The highest BCUT2D eigenvalue weighted by Gasteiger charge is 2.24. The minimum Gasteiger partial charge on any atom is -0.460 e. The highest BCUT2D eigenvalue weighted by atomic mass is 35.5. The van der Waals surface area contributed by atoms with Crippen LogP contribution < -0.4 is 10.1 Å². The number of nitrogens with zero attached hydrogens (tertiary/aromatic N) is 2. The second-order valence-corrected chi connectivity index (χ2v) is 8.51. The molecule has 6 heteroatoms. The Labute approximate surface area is 165 Å².